The summed E-state index contributed by atoms with van der Waals surface area (Å²) >= 11 is 0. The van der Waals surface area contributed by atoms with Gasteiger partial charge in [0.15, 0.2) is 0 Å². The van der Waals surface area contributed by atoms with E-state index < -0.39 is 11.4 Å². The average molecular weight is 407 g/mol. The fraction of sp³-hybridized carbons (Fsp3) is 0.440. The molecule has 2 atom stereocenters. The van der Waals surface area contributed by atoms with Gasteiger partial charge in [-0.2, -0.15) is 0 Å². The second-order valence-corrected chi connectivity index (χ2v) is 8.97. The Morgan fingerprint density at radius 3 is 2.23 bits per heavy atom. The van der Waals surface area contributed by atoms with Crippen LogP contribution >= 0.6 is 0 Å². The molecular formula is C25H30N2O3. The highest BCUT2D eigenvalue weighted by Gasteiger charge is 2.61. The van der Waals surface area contributed by atoms with E-state index in [1.165, 1.54) is 0 Å². The molecule has 2 N–H and O–H groups in total. The van der Waals surface area contributed by atoms with Crippen LogP contribution in [-0.2, 0) is 20.5 Å². The number of aliphatic carboxylic acids is 1. The molecule has 1 aliphatic carbocycles. The molecule has 5 heteroatoms. The third-order valence-corrected chi connectivity index (χ3v) is 6.98. The van der Waals surface area contributed by atoms with E-state index in [4.69, 9.17) is 0 Å². The molecule has 4 rings (SSSR count). The zero-order valence-electron chi connectivity index (χ0n) is 17.7. The molecule has 0 aromatic heterocycles. The summed E-state index contributed by atoms with van der Waals surface area (Å²) in [7, 11) is 0. The molecular weight excluding hydrogens is 376 g/mol. The molecule has 1 aliphatic heterocycles. The normalized spacial score (nSPS) is 25.5. The zero-order valence-corrected chi connectivity index (χ0v) is 17.7. The van der Waals surface area contributed by atoms with E-state index in [0.717, 1.165) is 49.2 Å². The second-order valence-electron chi connectivity index (χ2n) is 8.97. The van der Waals surface area contributed by atoms with Gasteiger partial charge in [0.05, 0.1) is 11.0 Å². The molecule has 2 aliphatic rings. The number of carboxylic acid groups (broad SMARTS) is 1. The van der Waals surface area contributed by atoms with Gasteiger partial charge in [-0.25, -0.2) is 0 Å². The third kappa shape index (κ3) is 3.74. The quantitative estimate of drug-likeness (QED) is 0.771. The van der Waals surface area contributed by atoms with Crippen molar-refractivity contribution in [3.63, 3.8) is 0 Å². The molecule has 5 nitrogen and oxygen atoms in total. The summed E-state index contributed by atoms with van der Waals surface area (Å²) in [5.41, 5.74) is 2.11. The molecule has 2 fully saturated rings. The largest absolute Gasteiger partial charge is 0.481 e. The van der Waals surface area contributed by atoms with E-state index >= 15 is 0 Å². The van der Waals surface area contributed by atoms with Crippen molar-refractivity contribution in [1.29, 1.82) is 0 Å². The van der Waals surface area contributed by atoms with Crippen molar-refractivity contribution in [1.82, 2.24) is 10.2 Å². The predicted molar refractivity (Wildman–Crippen MR) is 116 cm³/mol. The lowest BCUT2D eigenvalue weighted by atomic mass is 9.80. The van der Waals surface area contributed by atoms with Crippen molar-refractivity contribution in [3.05, 3.63) is 71.3 Å². The Morgan fingerprint density at radius 2 is 1.67 bits per heavy atom. The highest BCUT2D eigenvalue weighted by atomic mass is 16.4. The van der Waals surface area contributed by atoms with Crippen molar-refractivity contribution < 1.29 is 14.7 Å². The third-order valence-electron chi connectivity index (χ3n) is 6.98. The lowest BCUT2D eigenvalue weighted by Crippen LogP contribution is -2.53. The van der Waals surface area contributed by atoms with Crippen molar-refractivity contribution in [3.8, 4) is 0 Å². The second kappa shape index (κ2) is 7.88. The number of amides is 1. The van der Waals surface area contributed by atoms with Crippen LogP contribution in [0.25, 0.3) is 0 Å². The minimum Gasteiger partial charge on any atom is -0.481 e. The van der Waals surface area contributed by atoms with Gasteiger partial charge in [0.2, 0.25) is 5.91 Å². The van der Waals surface area contributed by atoms with Gasteiger partial charge < -0.3 is 15.3 Å². The molecule has 0 radical (unpaired) electrons. The van der Waals surface area contributed by atoms with Crippen molar-refractivity contribution in [2.45, 2.75) is 44.1 Å². The molecule has 1 heterocycles. The summed E-state index contributed by atoms with van der Waals surface area (Å²) in [6.45, 7) is 6.06. The first-order valence-electron chi connectivity index (χ1n) is 10.7. The maximum absolute atomic E-state index is 12.2. The Kier molecular flexibility index (Phi) is 5.41. The van der Waals surface area contributed by atoms with Crippen LogP contribution < -0.4 is 5.32 Å². The summed E-state index contributed by atoms with van der Waals surface area (Å²) in [5.74, 6) is -0.605. The van der Waals surface area contributed by atoms with Gasteiger partial charge in [-0.05, 0) is 43.2 Å². The molecule has 30 heavy (non-hydrogen) atoms. The maximum atomic E-state index is 12.2. The zero-order chi connectivity index (χ0) is 21.4. The molecule has 0 spiro atoms. The van der Waals surface area contributed by atoms with Crippen LogP contribution in [0.5, 0.6) is 0 Å². The van der Waals surface area contributed by atoms with Crippen molar-refractivity contribution in [2.24, 2.45) is 5.92 Å². The van der Waals surface area contributed by atoms with Crippen molar-refractivity contribution in [2.75, 3.05) is 19.6 Å². The predicted octanol–water partition coefficient (Wildman–Crippen LogP) is 3.46. The van der Waals surface area contributed by atoms with E-state index in [0.29, 0.717) is 6.42 Å². The molecule has 1 amide bonds. The number of carboxylic acids is 1. The monoisotopic (exact) mass is 406 g/mol. The van der Waals surface area contributed by atoms with Gasteiger partial charge in [-0.3, -0.25) is 9.59 Å². The molecule has 158 valence electrons. The molecule has 2 unspecified atom stereocenters. The van der Waals surface area contributed by atoms with Gasteiger partial charge in [0, 0.05) is 26.6 Å². The number of hydrogen-bond acceptors (Lipinski definition) is 3. The number of rotatable bonds is 6. The number of nitrogens with one attached hydrogen (secondary N) is 1. The fourth-order valence-corrected chi connectivity index (χ4v) is 5.15. The number of aryl methyl sites for hydroxylation is 1. The number of carbonyl (C=O) groups is 2. The summed E-state index contributed by atoms with van der Waals surface area (Å²) in [6, 6.07) is 18.1. The number of hydrogen-bond donors (Lipinski definition) is 2. The maximum Gasteiger partial charge on any atom is 0.314 e. The van der Waals surface area contributed by atoms with Gasteiger partial charge in [0.25, 0.3) is 0 Å². The number of nitrogens with zero attached hydrogens (tertiary/aromatic N) is 1. The fourth-order valence-electron chi connectivity index (χ4n) is 5.15. The molecule has 2 aromatic carbocycles. The Labute approximate surface area is 178 Å². The average Bonchev–Trinajstić information content (AvgIpc) is 3.45. The SMILES string of the molecule is CC(=O)NC1(c2ccccc2)CCN(CC2CC2(C(=O)O)c2ccc(C)cc2)CC1. The van der Waals surface area contributed by atoms with E-state index in [-0.39, 0.29) is 17.4 Å². The number of carbonyl (C=O) groups excluding carboxylic acids is 1. The highest BCUT2D eigenvalue weighted by molar-refractivity contribution is 5.86. The number of benzene rings is 2. The summed E-state index contributed by atoms with van der Waals surface area (Å²) in [6.07, 6.45) is 2.35. The Bertz CT molecular complexity index is 917. The summed E-state index contributed by atoms with van der Waals surface area (Å²) < 4.78 is 0. The number of likely N-dealkylation sites (tertiary alicyclic amines) is 1. The van der Waals surface area contributed by atoms with Gasteiger partial charge in [-0.15, -0.1) is 0 Å². The van der Waals surface area contributed by atoms with E-state index in [9.17, 15) is 14.7 Å². The van der Waals surface area contributed by atoms with E-state index in [1.807, 2.05) is 49.4 Å². The minimum atomic E-state index is -0.751. The van der Waals surface area contributed by atoms with E-state index in [1.54, 1.807) is 6.92 Å². The first-order valence-corrected chi connectivity index (χ1v) is 10.7. The molecule has 1 saturated carbocycles. The molecule has 1 saturated heterocycles. The first-order chi connectivity index (χ1) is 14.4. The van der Waals surface area contributed by atoms with Crippen molar-refractivity contribution >= 4 is 11.9 Å². The Balaban J connectivity index is 1.45. The summed E-state index contributed by atoms with van der Waals surface area (Å²) in [5, 5.41) is 13.2. The van der Waals surface area contributed by atoms with Crippen LogP contribution in [0.1, 0.15) is 42.9 Å². The van der Waals surface area contributed by atoms with Crippen LogP contribution in [0.15, 0.2) is 54.6 Å². The van der Waals surface area contributed by atoms with Crippen LogP contribution in [-0.4, -0.2) is 41.5 Å². The molecule has 2 aromatic rings. The minimum absolute atomic E-state index is 0.0150. The standard InChI is InChI=1S/C25H30N2O3/c1-18-8-10-21(11-9-18)25(23(29)30)16-22(25)17-27-14-12-24(13-15-27,26-19(2)28)20-6-4-3-5-7-20/h3-11,22H,12-17H2,1-2H3,(H,26,28)(H,29,30). The van der Waals surface area contributed by atoms with E-state index in [2.05, 4.69) is 22.3 Å². The number of piperidine rings is 1. The van der Waals surface area contributed by atoms with Crippen LogP contribution in [0, 0.1) is 12.8 Å². The van der Waals surface area contributed by atoms with Crippen LogP contribution in [0.2, 0.25) is 0 Å². The Morgan fingerprint density at radius 1 is 1.03 bits per heavy atom. The smallest absolute Gasteiger partial charge is 0.314 e. The van der Waals surface area contributed by atoms with Crippen LogP contribution in [0.3, 0.4) is 0 Å². The van der Waals surface area contributed by atoms with Gasteiger partial charge in [0.1, 0.15) is 0 Å². The lowest BCUT2D eigenvalue weighted by molar-refractivity contribution is -0.140. The lowest BCUT2D eigenvalue weighted by Gasteiger charge is -2.43. The summed E-state index contributed by atoms with van der Waals surface area (Å²) in [4.78, 5) is 26.4. The van der Waals surface area contributed by atoms with Crippen LogP contribution in [0.4, 0.5) is 0 Å². The first kappa shape index (κ1) is 20.6. The van der Waals surface area contributed by atoms with Gasteiger partial charge in [-0.1, -0.05) is 60.2 Å². The molecule has 0 bridgehead atoms. The topological polar surface area (TPSA) is 69.6 Å². The Hall–Kier alpha value is -2.66. The van der Waals surface area contributed by atoms with Gasteiger partial charge >= 0.3 is 5.97 Å². The highest BCUT2D eigenvalue weighted by Crippen LogP contribution is 2.55.